The second-order valence-corrected chi connectivity index (χ2v) is 5.28. The Kier molecular flexibility index (Phi) is 5.12. The zero-order chi connectivity index (χ0) is 15.4. The second-order valence-electron chi connectivity index (χ2n) is 5.28. The highest BCUT2D eigenvalue weighted by Gasteiger charge is 2.25. The number of aliphatic hydroxyl groups excluding tert-OH is 1. The Bertz CT molecular complexity index is 499. The summed E-state index contributed by atoms with van der Waals surface area (Å²) in [5.41, 5.74) is -0.309. The van der Waals surface area contributed by atoms with Crippen molar-refractivity contribution in [3.05, 3.63) is 29.3 Å². The topological polar surface area (TPSA) is 61.4 Å². The lowest BCUT2D eigenvalue weighted by molar-refractivity contribution is 0.0717. The zero-order valence-corrected chi connectivity index (χ0v) is 12.0. The van der Waals surface area contributed by atoms with Gasteiger partial charge in [0.05, 0.1) is 12.1 Å². The van der Waals surface area contributed by atoms with Gasteiger partial charge in [-0.25, -0.2) is 8.78 Å². The van der Waals surface area contributed by atoms with Crippen LogP contribution in [0.15, 0.2) is 12.1 Å². The van der Waals surface area contributed by atoms with Crippen molar-refractivity contribution in [2.75, 3.05) is 11.9 Å². The molecule has 1 fully saturated rings. The van der Waals surface area contributed by atoms with Gasteiger partial charge in [0.25, 0.3) is 5.91 Å². The van der Waals surface area contributed by atoms with Crippen LogP contribution in [0.3, 0.4) is 0 Å². The summed E-state index contributed by atoms with van der Waals surface area (Å²) in [5.74, 6) is -2.17. The predicted molar refractivity (Wildman–Crippen MR) is 76.3 cm³/mol. The lowest BCUT2D eigenvalue weighted by Crippen LogP contribution is -2.45. The lowest BCUT2D eigenvalue weighted by atomic mass is 9.92. The molecule has 1 aromatic rings. The van der Waals surface area contributed by atoms with Crippen molar-refractivity contribution in [2.45, 2.75) is 44.8 Å². The summed E-state index contributed by atoms with van der Waals surface area (Å²) in [5, 5.41) is 15.0. The monoisotopic (exact) mass is 298 g/mol. The molecule has 0 aliphatic heterocycles. The van der Waals surface area contributed by atoms with Gasteiger partial charge in [-0.2, -0.15) is 0 Å². The number of nitrogens with one attached hydrogen (secondary N) is 2. The molecule has 1 aliphatic rings. The molecule has 0 aromatic heterocycles. The molecular formula is C15H20F2N2O2. The largest absolute Gasteiger partial charge is 0.391 e. The minimum atomic E-state index is -0.800. The maximum atomic E-state index is 13.8. The minimum absolute atomic E-state index is 0.0792. The fraction of sp³-hybridized carbons (Fsp3) is 0.533. The number of rotatable bonds is 4. The molecule has 21 heavy (non-hydrogen) atoms. The molecule has 1 saturated carbocycles. The number of carbonyl (C=O) groups excluding carboxylic acids is 1. The molecule has 2 unspecified atom stereocenters. The van der Waals surface area contributed by atoms with Crippen molar-refractivity contribution >= 4 is 11.6 Å². The molecule has 1 aliphatic carbocycles. The Morgan fingerprint density at radius 1 is 1.29 bits per heavy atom. The number of halogens is 2. The van der Waals surface area contributed by atoms with E-state index in [2.05, 4.69) is 10.6 Å². The fourth-order valence-corrected chi connectivity index (χ4v) is 2.58. The summed E-state index contributed by atoms with van der Waals surface area (Å²) in [4.78, 5) is 12.1. The van der Waals surface area contributed by atoms with Gasteiger partial charge in [0, 0.05) is 12.1 Å². The van der Waals surface area contributed by atoms with Crippen LogP contribution in [0, 0.1) is 11.6 Å². The van der Waals surface area contributed by atoms with Crippen molar-refractivity contribution in [2.24, 2.45) is 0 Å². The SMILES string of the molecule is CCNc1c(F)cc(C(=O)NC2CCCCC2O)cc1F. The maximum absolute atomic E-state index is 13.8. The molecule has 2 rings (SSSR count). The van der Waals surface area contributed by atoms with Gasteiger partial charge in [-0.1, -0.05) is 12.8 Å². The third kappa shape index (κ3) is 3.69. The standard InChI is InChI=1S/C15H20F2N2O2/c1-2-18-14-10(16)7-9(8-11(14)17)15(21)19-12-5-3-4-6-13(12)20/h7-8,12-13,18,20H,2-6H2,1H3,(H,19,21). The van der Waals surface area contributed by atoms with E-state index in [0.717, 1.165) is 25.0 Å². The van der Waals surface area contributed by atoms with Crippen LogP contribution in [0.1, 0.15) is 43.0 Å². The Balaban J connectivity index is 2.12. The molecule has 6 heteroatoms. The lowest BCUT2D eigenvalue weighted by Gasteiger charge is -2.28. The highest BCUT2D eigenvalue weighted by molar-refractivity contribution is 5.94. The summed E-state index contributed by atoms with van der Waals surface area (Å²) in [7, 11) is 0. The normalized spacial score (nSPS) is 21.9. The smallest absolute Gasteiger partial charge is 0.251 e. The number of anilines is 1. The highest BCUT2D eigenvalue weighted by Crippen LogP contribution is 2.22. The first-order chi connectivity index (χ1) is 10.0. The van der Waals surface area contributed by atoms with Crippen molar-refractivity contribution in [3.8, 4) is 0 Å². The number of aliphatic hydroxyl groups is 1. The predicted octanol–water partition coefficient (Wildman–Crippen LogP) is 2.43. The molecule has 0 spiro atoms. The van der Waals surface area contributed by atoms with Gasteiger partial charge in [0.15, 0.2) is 0 Å². The maximum Gasteiger partial charge on any atom is 0.251 e. The Labute approximate surface area is 122 Å². The van der Waals surface area contributed by atoms with Gasteiger partial charge >= 0.3 is 0 Å². The quantitative estimate of drug-likeness (QED) is 0.800. The van der Waals surface area contributed by atoms with E-state index < -0.39 is 23.6 Å². The second kappa shape index (κ2) is 6.85. The third-order valence-corrected chi connectivity index (χ3v) is 3.70. The van der Waals surface area contributed by atoms with Crippen LogP contribution in [0.25, 0.3) is 0 Å². The van der Waals surface area contributed by atoms with E-state index in [4.69, 9.17) is 0 Å². The third-order valence-electron chi connectivity index (χ3n) is 3.70. The number of amides is 1. The molecule has 0 bridgehead atoms. The van der Waals surface area contributed by atoms with E-state index in [1.54, 1.807) is 6.92 Å². The molecule has 0 saturated heterocycles. The molecule has 1 aromatic carbocycles. The molecule has 116 valence electrons. The molecule has 2 atom stereocenters. The Morgan fingerprint density at radius 2 is 1.90 bits per heavy atom. The Hall–Kier alpha value is -1.69. The van der Waals surface area contributed by atoms with Gasteiger partial charge in [0.1, 0.15) is 17.3 Å². The van der Waals surface area contributed by atoms with Gasteiger partial charge in [-0.3, -0.25) is 4.79 Å². The number of carbonyl (C=O) groups is 1. The minimum Gasteiger partial charge on any atom is -0.391 e. The van der Waals surface area contributed by atoms with Crippen LogP contribution in [0.5, 0.6) is 0 Å². The van der Waals surface area contributed by atoms with Crippen molar-refractivity contribution in [1.82, 2.24) is 5.32 Å². The van der Waals surface area contributed by atoms with Crippen molar-refractivity contribution < 1.29 is 18.7 Å². The fourth-order valence-electron chi connectivity index (χ4n) is 2.58. The molecular weight excluding hydrogens is 278 g/mol. The molecule has 0 heterocycles. The van der Waals surface area contributed by atoms with Gasteiger partial charge in [-0.15, -0.1) is 0 Å². The van der Waals surface area contributed by atoms with Crippen LogP contribution in [-0.2, 0) is 0 Å². The first-order valence-electron chi connectivity index (χ1n) is 7.24. The van der Waals surface area contributed by atoms with Crippen molar-refractivity contribution in [1.29, 1.82) is 0 Å². The first kappa shape index (κ1) is 15.7. The average molecular weight is 298 g/mol. The van der Waals surface area contributed by atoms with E-state index >= 15 is 0 Å². The highest BCUT2D eigenvalue weighted by atomic mass is 19.1. The average Bonchev–Trinajstić information content (AvgIpc) is 2.45. The summed E-state index contributed by atoms with van der Waals surface area (Å²) in [6.07, 6.45) is 2.55. The van der Waals surface area contributed by atoms with Crippen LogP contribution in [0.4, 0.5) is 14.5 Å². The van der Waals surface area contributed by atoms with Crippen LogP contribution < -0.4 is 10.6 Å². The van der Waals surface area contributed by atoms with Gasteiger partial charge < -0.3 is 15.7 Å². The van der Waals surface area contributed by atoms with E-state index in [-0.39, 0.29) is 17.3 Å². The van der Waals surface area contributed by atoms with Crippen molar-refractivity contribution in [3.63, 3.8) is 0 Å². The van der Waals surface area contributed by atoms with Gasteiger partial charge in [0.2, 0.25) is 0 Å². The number of benzene rings is 1. The van der Waals surface area contributed by atoms with Gasteiger partial charge in [-0.05, 0) is 31.9 Å². The molecule has 4 nitrogen and oxygen atoms in total. The van der Waals surface area contributed by atoms with Crippen LogP contribution in [-0.4, -0.2) is 29.7 Å². The van der Waals surface area contributed by atoms with Crippen LogP contribution >= 0.6 is 0 Å². The van der Waals surface area contributed by atoms with E-state index in [1.807, 2.05) is 0 Å². The molecule has 0 radical (unpaired) electrons. The van der Waals surface area contributed by atoms with E-state index in [9.17, 15) is 18.7 Å². The molecule has 1 amide bonds. The van der Waals surface area contributed by atoms with E-state index in [1.165, 1.54) is 0 Å². The van der Waals surface area contributed by atoms with E-state index in [0.29, 0.717) is 19.4 Å². The summed E-state index contributed by atoms with van der Waals surface area (Å²) in [6, 6.07) is 1.66. The summed E-state index contributed by atoms with van der Waals surface area (Å²) >= 11 is 0. The zero-order valence-electron chi connectivity index (χ0n) is 12.0. The number of hydrogen-bond acceptors (Lipinski definition) is 3. The number of hydrogen-bond donors (Lipinski definition) is 3. The molecule has 3 N–H and O–H groups in total. The van der Waals surface area contributed by atoms with Crippen LogP contribution in [0.2, 0.25) is 0 Å². The summed E-state index contributed by atoms with van der Waals surface area (Å²) in [6.45, 7) is 2.11. The Morgan fingerprint density at radius 3 is 2.48 bits per heavy atom. The summed E-state index contributed by atoms with van der Waals surface area (Å²) < 4.78 is 27.6. The first-order valence-corrected chi connectivity index (χ1v) is 7.24.